The van der Waals surface area contributed by atoms with Gasteiger partial charge >= 0.3 is 0 Å². The third-order valence-electron chi connectivity index (χ3n) is 6.64. The van der Waals surface area contributed by atoms with Gasteiger partial charge in [0.25, 0.3) is 0 Å². The van der Waals surface area contributed by atoms with Gasteiger partial charge in [-0.3, -0.25) is 0 Å². The Hall–Kier alpha value is -0.723. The molecule has 0 aliphatic carbocycles. The number of aliphatic hydroxyl groups is 1. The summed E-state index contributed by atoms with van der Waals surface area (Å²) in [6.07, 6.45) is 6.19. The lowest BCUT2D eigenvalue weighted by molar-refractivity contribution is -0.251. The van der Waals surface area contributed by atoms with E-state index in [-0.39, 0.29) is 23.5 Å². The minimum atomic E-state index is -1.75. The van der Waals surface area contributed by atoms with Gasteiger partial charge in [-0.2, -0.15) is 0 Å². The van der Waals surface area contributed by atoms with Gasteiger partial charge in [-0.25, -0.2) is 0 Å². The summed E-state index contributed by atoms with van der Waals surface area (Å²) in [5.41, 5.74) is 0.952. The van der Waals surface area contributed by atoms with Crippen molar-refractivity contribution in [2.24, 2.45) is 0 Å². The number of ether oxygens (including phenoxy) is 2. The van der Waals surface area contributed by atoms with E-state index in [4.69, 9.17) is 13.9 Å². The van der Waals surface area contributed by atoms with Crippen LogP contribution in [0.4, 0.5) is 0 Å². The maximum Gasteiger partial charge on any atom is 0.191 e. The van der Waals surface area contributed by atoms with Gasteiger partial charge in [0.05, 0.1) is 18.3 Å². The van der Waals surface area contributed by atoms with E-state index in [0.717, 1.165) is 37.9 Å². The third-order valence-corrected chi connectivity index (χ3v) is 11.2. The van der Waals surface area contributed by atoms with Crippen molar-refractivity contribution in [2.45, 2.75) is 115 Å². The minimum absolute atomic E-state index is 0.0125. The standard InChI is InChI=1S/C25H44O4Si/c1-7-8-10-15-24-28-21(16-17-27-30(5,6)25(2,3)4)18-22(29-24)19-23(26)20-13-11-9-12-14-20/h9,11-14,21-24,26H,7-8,10,15-19H2,1-6H3/t21-,22+,23-,24-/m1/s1. The molecule has 0 amide bonds. The van der Waals surface area contributed by atoms with E-state index in [1.807, 2.05) is 30.3 Å². The van der Waals surface area contributed by atoms with Gasteiger partial charge in [0.15, 0.2) is 14.6 Å². The molecular weight excluding hydrogens is 392 g/mol. The Balaban J connectivity index is 1.93. The van der Waals surface area contributed by atoms with Gasteiger partial charge in [-0.15, -0.1) is 0 Å². The molecule has 172 valence electrons. The summed E-state index contributed by atoms with van der Waals surface area (Å²) < 4.78 is 18.9. The average Bonchev–Trinajstić information content (AvgIpc) is 2.68. The molecule has 4 nitrogen and oxygen atoms in total. The van der Waals surface area contributed by atoms with Gasteiger partial charge in [0.1, 0.15) is 0 Å². The molecule has 1 aromatic carbocycles. The Morgan fingerprint density at radius 3 is 2.37 bits per heavy atom. The first-order valence-corrected chi connectivity index (χ1v) is 14.7. The third kappa shape index (κ3) is 8.08. The zero-order valence-corrected chi connectivity index (χ0v) is 21.0. The van der Waals surface area contributed by atoms with Gasteiger partial charge in [0, 0.05) is 19.4 Å². The first-order valence-electron chi connectivity index (χ1n) is 11.8. The molecule has 2 rings (SSSR count). The smallest absolute Gasteiger partial charge is 0.191 e. The summed E-state index contributed by atoms with van der Waals surface area (Å²) in [6, 6.07) is 9.87. The Labute approximate surface area is 185 Å². The van der Waals surface area contributed by atoms with Gasteiger partial charge in [-0.05, 0) is 43.0 Å². The summed E-state index contributed by atoms with van der Waals surface area (Å²) in [5, 5.41) is 10.9. The second-order valence-electron chi connectivity index (χ2n) is 10.2. The van der Waals surface area contributed by atoms with Crippen molar-refractivity contribution in [2.75, 3.05) is 6.61 Å². The molecule has 4 atom stereocenters. The summed E-state index contributed by atoms with van der Waals surface area (Å²) in [7, 11) is -1.75. The highest BCUT2D eigenvalue weighted by Crippen LogP contribution is 2.37. The molecule has 0 unspecified atom stereocenters. The largest absolute Gasteiger partial charge is 0.417 e. The van der Waals surface area contributed by atoms with Crippen molar-refractivity contribution in [3.8, 4) is 0 Å². The van der Waals surface area contributed by atoms with Crippen LogP contribution >= 0.6 is 0 Å². The molecule has 5 heteroatoms. The van der Waals surface area contributed by atoms with Crippen LogP contribution in [0, 0.1) is 0 Å². The van der Waals surface area contributed by atoms with Crippen LogP contribution in [0.2, 0.25) is 18.1 Å². The Kier molecular flexibility index (Phi) is 10.0. The molecule has 0 saturated carbocycles. The van der Waals surface area contributed by atoms with E-state index in [2.05, 4.69) is 40.8 Å². The van der Waals surface area contributed by atoms with Crippen LogP contribution in [0.3, 0.4) is 0 Å². The molecule has 1 aliphatic rings. The van der Waals surface area contributed by atoms with Crippen molar-refractivity contribution in [1.29, 1.82) is 0 Å². The molecule has 1 saturated heterocycles. The van der Waals surface area contributed by atoms with E-state index in [1.54, 1.807) is 0 Å². The van der Waals surface area contributed by atoms with Crippen molar-refractivity contribution in [3.63, 3.8) is 0 Å². The zero-order valence-electron chi connectivity index (χ0n) is 20.0. The van der Waals surface area contributed by atoms with Crippen LogP contribution in [-0.2, 0) is 13.9 Å². The van der Waals surface area contributed by atoms with Crippen LogP contribution in [0.5, 0.6) is 0 Å². The molecule has 1 N–H and O–H groups in total. The summed E-state index contributed by atoms with van der Waals surface area (Å²) in [4.78, 5) is 0. The maximum atomic E-state index is 10.7. The van der Waals surface area contributed by atoms with Gasteiger partial charge < -0.3 is 19.0 Å². The fraction of sp³-hybridized carbons (Fsp3) is 0.760. The quantitative estimate of drug-likeness (QED) is 0.313. The van der Waals surface area contributed by atoms with Crippen LogP contribution in [0.25, 0.3) is 0 Å². The summed E-state index contributed by atoms with van der Waals surface area (Å²) in [5.74, 6) is 0. The highest BCUT2D eigenvalue weighted by molar-refractivity contribution is 6.74. The van der Waals surface area contributed by atoms with E-state index < -0.39 is 14.4 Å². The van der Waals surface area contributed by atoms with Gasteiger partial charge in [-0.1, -0.05) is 70.9 Å². The van der Waals surface area contributed by atoms with Crippen LogP contribution in [0.1, 0.15) is 84.3 Å². The number of unbranched alkanes of at least 4 members (excludes halogenated alkanes) is 2. The van der Waals surface area contributed by atoms with E-state index in [1.165, 1.54) is 12.8 Å². The lowest BCUT2D eigenvalue weighted by Gasteiger charge is -2.39. The monoisotopic (exact) mass is 436 g/mol. The number of hydrogen-bond acceptors (Lipinski definition) is 4. The first kappa shape index (κ1) is 25.5. The lowest BCUT2D eigenvalue weighted by atomic mass is 9.98. The Bertz CT molecular complexity index is 599. The number of hydrogen-bond donors (Lipinski definition) is 1. The molecule has 30 heavy (non-hydrogen) atoms. The Morgan fingerprint density at radius 1 is 1.07 bits per heavy atom. The normalized spacial score (nSPS) is 24.0. The summed E-state index contributed by atoms with van der Waals surface area (Å²) in [6.45, 7) is 14.4. The van der Waals surface area contributed by atoms with Gasteiger partial charge in [0.2, 0.25) is 0 Å². The predicted octanol–water partition coefficient (Wildman–Crippen LogP) is 6.60. The highest BCUT2D eigenvalue weighted by atomic mass is 28.4. The first-order chi connectivity index (χ1) is 14.1. The molecule has 0 aromatic heterocycles. The molecule has 1 aromatic rings. The van der Waals surface area contributed by atoms with E-state index in [9.17, 15) is 5.11 Å². The highest BCUT2D eigenvalue weighted by Gasteiger charge is 2.38. The number of benzene rings is 1. The number of aliphatic hydroxyl groups excluding tert-OH is 1. The fourth-order valence-electron chi connectivity index (χ4n) is 3.62. The van der Waals surface area contributed by atoms with Crippen molar-refractivity contribution >= 4 is 8.32 Å². The molecule has 0 radical (unpaired) electrons. The van der Waals surface area contributed by atoms with Crippen LogP contribution in [-0.4, -0.2) is 38.5 Å². The molecule has 0 bridgehead atoms. The molecular formula is C25H44O4Si. The van der Waals surface area contributed by atoms with E-state index >= 15 is 0 Å². The van der Waals surface area contributed by atoms with Crippen molar-refractivity contribution < 1.29 is 19.0 Å². The summed E-state index contributed by atoms with van der Waals surface area (Å²) >= 11 is 0. The minimum Gasteiger partial charge on any atom is -0.417 e. The molecule has 0 spiro atoms. The average molecular weight is 437 g/mol. The zero-order chi connectivity index (χ0) is 22.2. The SMILES string of the molecule is CCCCC[C@@H]1O[C@H](CCO[Si](C)(C)C(C)(C)C)C[C@@H](C[C@@H](O)c2ccccc2)O1. The molecule has 1 fully saturated rings. The maximum absolute atomic E-state index is 10.7. The van der Waals surface area contributed by atoms with Crippen molar-refractivity contribution in [1.82, 2.24) is 0 Å². The molecule has 1 aliphatic heterocycles. The van der Waals surface area contributed by atoms with E-state index in [0.29, 0.717) is 6.42 Å². The second-order valence-corrected chi connectivity index (χ2v) is 15.0. The Morgan fingerprint density at radius 2 is 1.73 bits per heavy atom. The van der Waals surface area contributed by atoms with Crippen LogP contribution in [0.15, 0.2) is 30.3 Å². The number of rotatable bonds is 11. The topological polar surface area (TPSA) is 47.9 Å². The predicted molar refractivity (Wildman–Crippen MR) is 126 cm³/mol. The molecule has 1 heterocycles. The fourth-order valence-corrected chi connectivity index (χ4v) is 4.68. The second kappa shape index (κ2) is 11.8. The van der Waals surface area contributed by atoms with Crippen molar-refractivity contribution in [3.05, 3.63) is 35.9 Å². The van der Waals surface area contributed by atoms with Crippen LogP contribution < -0.4 is 0 Å². The lowest BCUT2D eigenvalue weighted by Crippen LogP contribution is -2.43.